The van der Waals surface area contributed by atoms with Gasteiger partial charge in [0.1, 0.15) is 24.1 Å². The van der Waals surface area contributed by atoms with Gasteiger partial charge in [-0.15, -0.1) is 0 Å². The van der Waals surface area contributed by atoms with Crippen LogP contribution in [0, 0.1) is 0 Å². The predicted molar refractivity (Wildman–Crippen MR) is 123 cm³/mol. The van der Waals surface area contributed by atoms with Crippen molar-refractivity contribution in [2.24, 2.45) is 0 Å². The molecule has 1 fully saturated rings. The van der Waals surface area contributed by atoms with Crippen LogP contribution in [0.3, 0.4) is 0 Å². The Hall–Kier alpha value is -3.51. The number of carbonyl (C=O) groups excluding carboxylic acids is 2. The number of ether oxygens (including phenoxy) is 2. The van der Waals surface area contributed by atoms with Gasteiger partial charge in [-0.05, 0) is 66.9 Å². The number of amides is 2. The minimum absolute atomic E-state index is 0.180. The van der Waals surface area contributed by atoms with E-state index in [1.165, 1.54) is 4.90 Å². The zero-order valence-corrected chi connectivity index (χ0v) is 18.1. The van der Waals surface area contributed by atoms with E-state index < -0.39 is 12.1 Å². The number of hydrogen-bond donors (Lipinski definition) is 1. The van der Waals surface area contributed by atoms with Crippen molar-refractivity contribution >= 4 is 29.3 Å². The quantitative estimate of drug-likeness (QED) is 0.509. The summed E-state index contributed by atoms with van der Waals surface area (Å²) in [5.74, 6) is 1.07. The molecule has 1 N–H and O–H groups in total. The van der Waals surface area contributed by atoms with Crippen LogP contribution >= 0.6 is 11.6 Å². The van der Waals surface area contributed by atoms with E-state index in [4.69, 9.17) is 21.1 Å². The first-order valence-corrected chi connectivity index (χ1v) is 10.8. The van der Waals surface area contributed by atoms with Gasteiger partial charge in [-0.2, -0.15) is 0 Å². The Kier molecular flexibility index (Phi) is 6.92. The Balaban J connectivity index is 1.32. The van der Waals surface area contributed by atoms with Crippen molar-refractivity contribution < 1.29 is 19.1 Å². The largest absolute Gasteiger partial charge is 0.457 e. The molecule has 3 aromatic carbocycles. The van der Waals surface area contributed by atoms with E-state index in [0.29, 0.717) is 35.2 Å². The summed E-state index contributed by atoms with van der Waals surface area (Å²) in [4.78, 5) is 26.8. The van der Waals surface area contributed by atoms with Crippen LogP contribution in [0.2, 0.25) is 5.02 Å². The van der Waals surface area contributed by atoms with Crippen molar-refractivity contribution in [1.29, 1.82) is 0 Å². The van der Waals surface area contributed by atoms with Crippen LogP contribution < -0.4 is 10.1 Å². The molecule has 1 aliphatic heterocycles. The van der Waals surface area contributed by atoms with Crippen molar-refractivity contribution in [3.05, 3.63) is 89.4 Å². The van der Waals surface area contributed by atoms with Crippen molar-refractivity contribution in [3.8, 4) is 11.5 Å². The number of carbonyl (C=O) groups is 2. The molecule has 6 nitrogen and oxygen atoms in total. The van der Waals surface area contributed by atoms with Gasteiger partial charge in [0.25, 0.3) is 0 Å². The summed E-state index contributed by atoms with van der Waals surface area (Å²) in [6.07, 6.45) is 0.884. The van der Waals surface area contributed by atoms with Gasteiger partial charge >= 0.3 is 6.09 Å². The Morgan fingerprint density at radius 3 is 2.28 bits per heavy atom. The Morgan fingerprint density at radius 2 is 1.59 bits per heavy atom. The molecule has 0 radical (unpaired) electrons. The van der Waals surface area contributed by atoms with Gasteiger partial charge in [0, 0.05) is 17.3 Å². The van der Waals surface area contributed by atoms with Gasteiger partial charge in [0.05, 0.1) is 0 Å². The molecule has 0 aromatic heterocycles. The fraction of sp³-hybridized carbons (Fsp3) is 0.200. The summed E-state index contributed by atoms with van der Waals surface area (Å²) in [5.41, 5.74) is 1.53. The van der Waals surface area contributed by atoms with Crippen LogP contribution in [0.25, 0.3) is 0 Å². The topological polar surface area (TPSA) is 67.9 Å². The number of benzene rings is 3. The highest BCUT2D eigenvalue weighted by molar-refractivity contribution is 6.30. The maximum Gasteiger partial charge on any atom is 0.410 e. The summed E-state index contributed by atoms with van der Waals surface area (Å²) in [6.45, 7) is 0.680. The van der Waals surface area contributed by atoms with Crippen LogP contribution in [0.1, 0.15) is 18.4 Å². The third kappa shape index (κ3) is 5.59. The minimum Gasteiger partial charge on any atom is -0.457 e. The van der Waals surface area contributed by atoms with Crippen LogP contribution in [-0.2, 0) is 16.1 Å². The van der Waals surface area contributed by atoms with Gasteiger partial charge in [-0.1, -0.05) is 41.9 Å². The molecular weight excluding hydrogens is 428 g/mol. The average Bonchev–Trinajstić information content (AvgIpc) is 3.31. The van der Waals surface area contributed by atoms with E-state index in [1.54, 1.807) is 48.5 Å². The smallest absolute Gasteiger partial charge is 0.410 e. The number of nitrogens with one attached hydrogen (secondary N) is 1. The summed E-state index contributed by atoms with van der Waals surface area (Å²) >= 11 is 5.88. The van der Waals surface area contributed by atoms with Crippen LogP contribution in [0.4, 0.5) is 10.5 Å². The highest BCUT2D eigenvalue weighted by Crippen LogP contribution is 2.25. The molecule has 7 heteroatoms. The van der Waals surface area contributed by atoms with E-state index >= 15 is 0 Å². The molecule has 1 aliphatic rings. The monoisotopic (exact) mass is 450 g/mol. The SMILES string of the molecule is O=C(Nc1ccc(Oc2ccc(Cl)cc2)cc1)C1CCCN1C(=O)OCc1ccccc1. The predicted octanol–water partition coefficient (Wildman–Crippen LogP) is 5.87. The Bertz CT molecular complexity index is 1060. The zero-order valence-electron chi connectivity index (χ0n) is 17.4. The summed E-state index contributed by atoms with van der Waals surface area (Å²) in [6, 6.07) is 23.0. The molecule has 0 bridgehead atoms. The molecule has 1 heterocycles. The Labute approximate surface area is 191 Å². The van der Waals surface area contributed by atoms with Gasteiger partial charge < -0.3 is 14.8 Å². The van der Waals surface area contributed by atoms with E-state index in [0.717, 1.165) is 12.0 Å². The molecule has 1 atom stereocenters. The normalized spacial score (nSPS) is 15.3. The van der Waals surface area contributed by atoms with Crippen molar-refractivity contribution in [2.75, 3.05) is 11.9 Å². The van der Waals surface area contributed by atoms with Gasteiger partial charge in [-0.25, -0.2) is 4.79 Å². The van der Waals surface area contributed by atoms with Crippen molar-refractivity contribution in [1.82, 2.24) is 4.90 Å². The second kappa shape index (κ2) is 10.2. The van der Waals surface area contributed by atoms with Crippen LogP contribution in [0.5, 0.6) is 11.5 Å². The van der Waals surface area contributed by atoms with E-state index in [-0.39, 0.29) is 12.5 Å². The third-order valence-electron chi connectivity index (χ3n) is 5.17. The van der Waals surface area contributed by atoms with Gasteiger partial charge in [0.2, 0.25) is 5.91 Å². The molecule has 0 aliphatic carbocycles. The van der Waals surface area contributed by atoms with E-state index in [1.807, 2.05) is 30.3 Å². The maximum absolute atomic E-state index is 12.8. The molecular formula is C25H23ClN2O4. The van der Waals surface area contributed by atoms with Crippen molar-refractivity contribution in [3.63, 3.8) is 0 Å². The lowest BCUT2D eigenvalue weighted by Gasteiger charge is -2.23. The number of halogens is 1. The molecule has 2 amide bonds. The van der Waals surface area contributed by atoms with E-state index in [9.17, 15) is 9.59 Å². The number of rotatable bonds is 6. The Morgan fingerprint density at radius 1 is 0.938 bits per heavy atom. The third-order valence-corrected chi connectivity index (χ3v) is 5.42. The molecule has 3 aromatic rings. The van der Waals surface area contributed by atoms with E-state index in [2.05, 4.69) is 5.32 Å². The van der Waals surface area contributed by atoms with Crippen LogP contribution in [-0.4, -0.2) is 29.5 Å². The highest BCUT2D eigenvalue weighted by atomic mass is 35.5. The standard InChI is InChI=1S/C25H23ClN2O4/c26-19-8-12-21(13-9-19)32-22-14-10-20(11-15-22)27-24(29)23-7-4-16-28(23)25(30)31-17-18-5-2-1-3-6-18/h1-3,5-6,8-15,23H,4,7,16-17H2,(H,27,29). The highest BCUT2D eigenvalue weighted by Gasteiger charge is 2.35. The first kappa shape index (κ1) is 21.7. The summed E-state index contributed by atoms with van der Waals surface area (Å²) in [7, 11) is 0. The number of anilines is 1. The first-order chi connectivity index (χ1) is 15.6. The first-order valence-electron chi connectivity index (χ1n) is 10.4. The molecule has 1 unspecified atom stereocenters. The molecule has 0 saturated carbocycles. The second-order valence-corrected chi connectivity index (χ2v) is 7.90. The van der Waals surface area contributed by atoms with Crippen molar-refractivity contribution in [2.45, 2.75) is 25.5 Å². The minimum atomic E-state index is -0.553. The lowest BCUT2D eigenvalue weighted by molar-refractivity contribution is -0.120. The number of hydrogen-bond acceptors (Lipinski definition) is 4. The fourth-order valence-electron chi connectivity index (χ4n) is 3.53. The fourth-order valence-corrected chi connectivity index (χ4v) is 3.66. The van der Waals surface area contributed by atoms with Gasteiger partial charge in [0.15, 0.2) is 0 Å². The number of likely N-dealkylation sites (tertiary alicyclic amines) is 1. The molecule has 4 rings (SSSR count). The summed E-state index contributed by atoms with van der Waals surface area (Å²) < 4.78 is 11.2. The maximum atomic E-state index is 12.8. The molecule has 1 saturated heterocycles. The number of nitrogens with zero attached hydrogens (tertiary/aromatic N) is 1. The lowest BCUT2D eigenvalue weighted by Crippen LogP contribution is -2.43. The summed E-state index contributed by atoms with van der Waals surface area (Å²) in [5, 5.41) is 3.52. The molecule has 32 heavy (non-hydrogen) atoms. The van der Waals surface area contributed by atoms with Crippen LogP contribution in [0.15, 0.2) is 78.9 Å². The lowest BCUT2D eigenvalue weighted by atomic mass is 10.2. The molecule has 164 valence electrons. The van der Waals surface area contributed by atoms with Gasteiger partial charge in [-0.3, -0.25) is 9.69 Å². The second-order valence-electron chi connectivity index (χ2n) is 7.46. The average molecular weight is 451 g/mol. The molecule has 0 spiro atoms. The zero-order chi connectivity index (χ0) is 22.3.